The molecule has 4 aliphatic carbocycles. The molecule has 0 amide bonds. The van der Waals surface area contributed by atoms with Crippen molar-refractivity contribution >= 4 is 0 Å². The fraction of sp³-hybridized carbons (Fsp3) is 0.250. The maximum absolute atomic E-state index is 2.54. The molecule has 0 atom stereocenters. The molecule has 0 aliphatic heterocycles. The van der Waals surface area contributed by atoms with Crippen LogP contribution in [-0.4, -0.2) is 0 Å². The van der Waals surface area contributed by atoms with Crippen molar-refractivity contribution in [2.45, 2.75) is 105 Å². The van der Waals surface area contributed by atoms with E-state index in [-0.39, 0.29) is 21.7 Å². The van der Waals surface area contributed by atoms with Crippen molar-refractivity contribution in [2.75, 3.05) is 0 Å². The lowest BCUT2D eigenvalue weighted by Crippen LogP contribution is -2.16. The van der Waals surface area contributed by atoms with Gasteiger partial charge in [-0.25, -0.2) is 0 Å². The first-order valence-electron chi connectivity index (χ1n) is 23.5. The van der Waals surface area contributed by atoms with Crippen molar-refractivity contribution < 1.29 is 0 Å². The van der Waals surface area contributed by atoms with E-state index in [1.54, 1.807) is 0 Å². The zero-order valence-corrected chi connectivity index (χ0v) is 39.7. The summed E-state index contributed by atoms with van der Waals surface area (Å²) in [4.78, 5) is 0. The third-order valence-corrected chi connectivity index (χ3v) is 16.8. The average molecular weight is 827 g/mol. The van der Waals surface area contributed by atoms with Crippen LogP contribution in [0.2, 0.25) is 0 Å². The molecule has 64 heavy (non-hydrogen) atoms. The highest BCUT2D eigenvalue weighted by atomic mass is 14.4. The summed E-state index contributed by atoms with van der Waals surface area (Å²) >= 11 is 0. The number of hydrogen-bond acceptors (Lipinski definition) is 0. The first-order valence-corrected chi connectivity index (χ1v) is 23.5. The zero-order valence-electron chi connectivity index (χ0n) is 39.7. The number of benzene rings is 8. The Kier molecular flexibility index (Phi) is 7.83. The minimum Gasteiger partial charge on any atom is -0.0619 e. The Hall–Kier alpha value is -6.24. The third kappa shape index (κ3) is 5.06. The summed E-state index contributed by atoms with van der Waals surface area (Å²) in [6.07, 6.45) is 0. The van der Waals surface area contributed by atoms with E-state index in [9.17, 15) is 0 Å². The van der Waals surface area contributed by atoms with Crippen molar-refractivity contribution in [2.24, 2.45) is 0 Å². The molecule has 0 saturated heterocycles. The van der Waals surface area contributed by atoms with Crippen LogP contribution in [0.3, 0.4) is 0 Å². The van der Waals surface area contributed by atoms with Gasteiger partial charge in [0.05, 0.1) is 0 Å². The summed E-state index contributed by atoms with van der Waals surface area (Å²) in [6, 6.07) is 52.4. The van der Waals surface area contributed by atoms with E-state index in [0.29, 0.717) is 0 Å². The van der Waals surface area contributed by atoms with Gasteiger partial charge >= 0.3 is 0 Å². The van der Waals surface area contributed by atoms with Crippen molar-refractivity contribution in [3.05, 3.63) is 200 Å². The SMILES string of the molecule is Cc1cc2c(cc1-c1ccc3c(c1)C(C)(C)c1cc(-c4cc5c(cc4C)-c4ccc(-c6cc7c(cc6C)-c6ccccc6C7(C)C)cc4C5(C)C)c(C)cc1-3)C(C)(C)c1ccccc1-2. The van der Waals surface area contributed by atoms with E-state index in [1.807, 2.05) is 0 Å². The lowest BCUT2D eigenvalue weighted by Gasteiger charge is -2.25. The van der Waals surface area contributed by atoms with Crippen LogP contribution < -0.4 is 0 Å². The Balaban J connectivity index is 0.903. The summed E-state index contributed by atoms with van der Waals surface area (Å²) < 4.78 is 0. The minimum atomic E-state index is -0.145. The molecular formula is C64H58. The van der Waals surface area contributed by atoms with Crippen LogP contribution in [0, 0.1) is 27.7 Å². The molecule has 8 aromatic rings. The molecule has 8 aromatic carbocycles. The first-order chi connectivity index (χ1) is 30.4. The van der Waals surface area contributed by atoms with E-state index in [4.69, 9.17) is 0 Å². The lowest BCUT2D eigenvalue weighted by atomic mass is 9.78. The second-order valence-corrected chi connectivity index (χ2v) is 22.0. The molecule has 0 spiro atoms. The lowest BCUT2D eigenvalue weighted by molar-refractivity contribution is 0.659. The number of rotatable bonds is 3. The van der Waals surface area contributed by atoms with Gasteiger partial charge in [0.1, 0.15) is 0 Å². The van der Waals surface area contributed by atoms with Gasteiger partial charge in [0.2, 0.25) is 0 Å². The topological polar surface area (TPSA) is 0 Å². The fourth-order valence-corrected chi connectivity index (χ4v) is 13.0. The van der Waals surface area contributed by atoms with Crippen LogP contribution >= 0.6 is 0 Å². The van der Waals surface area contributed by atoms with Crippen LogP contribution in [-0.2, 0) is 21.7 Å². The quantitative estimate of drug-likeness (QED) is 0.166. The second-order valence-electron chi connectivity index (χ2n) is 22.0. The van der Waals surface area contributed by atoms with E-state index in [2.05, 4.69) is 217 Å². The van der Waals surface area contributed by atoms with Crippen LogP contribution in [0.1, 0.15) is 122 Å². The van der Waals surface area contributed by atoms with Gasteiger partial charge in [-0.15, -0.1) is 0 Å². The van der Waals surface area contributed by atoms with Gasteiger partial charge in [0.25, 0.3) is 0 Å². The van der Waals surface area contributed by atoms with Gasteiger partial charge < -0.3 is 0 Å². The van der Waals surface area contributed by atoms with Gasteiger partial charge in [0.15, 0.2) is 0 Å². The van der Waals surface area contributed by atoms with Crippen LogP contribution in [0.15, 0.2) is 133 Å². The average Bonchev–Trinajstić information content (AvgIpc) is 3.81. The van der Waals surface area contributed by atoms with Crippen molar-refractivity contribution in [1.29, 1.82) is 0 Å². The summed E-state index contributed by atoms with van der Waals surface area (Å²) in [6.45, 7) is 28.5. The molecule has 0 bridgehead atoms. The van der Waals surface area contributed by atoms with Crippen LogP contribution in [0.4, 0.5) is 0 Å². The molecule has 0 heterocycles. The van der Waals surface area contributed by atoms with Crippen LogP contribution in [0.5, 0.6) is 0 Å². The Morgan fingerprint density at radius 1 is 0.219 bits per heavy atom. The first kappa shape index (κ1) is 39.4. The second kappa shape index (κ2) is 12.7. The molecular weight excluding hydrogens is 769 g/mol. The summed E-state index contributed by atoms with van der Waals surface area (Å²) in [7, 11) is 0. The number of aryl methyl sites for hydroxylation is 4. The van der Waals surface area contributed by atoms with Gasteiger partial charge in [-0.3, -0.25) is 0 Å². The maximum Gasteiger partial charge on any atom is 0.0159 e. The smallest absolute Gasteiger partial charge is 0.0159 e. The van der Waals surface area contributed by atoms with E-state index >= 15 is 0 Å². The summed E-state index contributed by atoms with van der Waals surface area (Å²) in [5.41, 5.74) is 35.4. The highest BCUT2D eigenvalue weighted by Crippen LogP contribution is 2.57. The summed E-state index contributed by atoms with van der Waals surface area (Å²) in [5, 5.41) is 0. The normalized spacial score (nSPS) is 16.6. The van der Waals surface area contributed by atoms with E-state index in [0.717, 1.165) is 0 Å². The Bertz CT molecular complexity index is 3180. The van der Waals surface area contributed by atoms with Gasteiger partial charge in [-0.2, -0.15) is 0 Å². The molecule has 0 fully saturated rings. The maximum atomic E-state index is 2.54. The van der Waals surface area contributed by atoms with Gasteiger partial charge in [-0.1, -0.05) is 152 Å². The molecule has 0 saturated carbocycles. The molecule has 0 unspecified atom stereocenters. The predicted octanol–water partition coefficient (Wildman–Crippen LogP) is 17.1. The van der Waals surface area contributed by atoms with Crippen molar-refractivity contribution in [3.63, 3.8) is 0 Å². The molecule has 0 nitrogen and oxygen atoms in total. The third-order valence-electron chi connectivity index (χ3n) is 16.8. The molecule has 0 radical (unpaired) electrons. The molecule has 0 heteroatoms. The standard InChI is InChI=1S/C64H58/c1-35-25-49-41-17-13-15-19-53(41)61(5,6)57(49)31-45(35)39-21-23-43-51-27-37(3)47(33-59(51)63(9,10)55(43)29-39)48-34-60-52(28-38(48)4)44-24-22-40(30-56(44)64(60,11)12)46-32-58-50(26-36(46)2)42-18-14-16-20-54(42)62(58,7)8/h13-34H,1-12H3. The van der Waals surface area contributed by atoms with Crippen molar-refractivity contribution in [1.82, 2.24) is 0 Å². The molecule has 0 N–H and O–H groups in total. The molecule has 12 rings (SSSR count). The van der Waals surface area contributed by atoms with Gasteiger partial charge in [0, 0.05) is 21.7 Å². The monoisotopic (exact) mass is 826 g/mol. The number of hydrogen-bond donors (Lipinski definition) is 0. The minimum absolute atomic E-state index is 0.0293. The van der Waals surface area contributed by atoms with Gasteiger partial charge in [-0.05, 0) is 209 Å². The Labute approximate surface area is 381 Å². The van der Waals surface area contributed by atoms with E-state index < -0.39 is 0 Å². The zero-order chi connectivity index (χ0) is 44.6. The summed E-state index contributed by atoms with van der Waals surface area (Å²) in [5.74, 6) is 0. The Morgan fingerprint density at radius 3 is 0.844 bits per heavy atom. The Morgan fingerprint density at radius 2 is 0.484 bits per heavy atom. The number of fused-ring (bicyclic) bond motifs is 12. The van der Waals surface area contributed by atoms with E-state index in [1.165, 1.54) is 145 Å². The highest BCUT2D eigenvalue weighted by molar-refractivity contribution is 5.93. The predicted molar refractivity (Wildman–Crippen MR) is 272 cm³/mol. The molecule has 4 aliphatic rings. The van der Waals surface area contributed by atoms with Crippen LogP contribution in [0.25, 0.3) is 77.9 Å². The highest BCUT2D eigenvalue weighted by Gasteiger charge is 2.41. The largest absolute Gasteiger partial charge is 0.0619 e. The fourth-order valence-electron chi connectivity index (χ4n) is 13.0. The molecule has 314 valence electrons. The molecule has 0 aromatic heterocycles. The van der Waals surface area contributed by atoms with Crippen molar-refractivity contribution in [3.8, 4) is 77.9 Å².